The first-order valence-electron chi connectivity index (χ1n) is 8.67. The van der Waals surface area contributed by atoms with Gasteiger partial charge in [0.25, 0.3) is 0 Å². The molecule has 0 heterocycles. The molecule has 2 aromatic carbocycles. The van der Waals surface area contributed by atoms with Gasteiger partial charge in [0.1, 0.15) is 5.75 Å². The maximum Gasteiger partial charge on any atom is 0.331 e. The van der Waals surface area contributed by atoms with Gasteiger partial charge < -0.3 is 9.84 Å². The van der Waals surface area contributed by atoms with Crippen molar-refractivity contribution in [3.63, 3.8) is 0 Å². The van der Waals surface area contributed by atoms with E-state index in [0.717, 1.165) is 5.56 Å². The van der Waals surface area contributed by atoms with Gasteiger partial charge in [-0.15, -0.1) is 0 Å². The van der Waals surface area contributed by atoms with E-state index in [1.165, 1.54) is 12.1 Å². The Kier molecular flexibility index (Phi) is 5.45. The number of hydrogen-bond acceptors (Lipinski definition) is 6. The van der Waals surface area contributed by atoms with Crippen LogP contribution in [0.25, 0.3) is 0 Å². The molecule has 0 unspecified atom stereocenters. The van der Waals surface area contributed by atoms with E-state index in [0.29, 0.717) is 16.8 Å². The lowest BCUT2D eigenvalue weighted by atomic mass is 9.88. The Balaban J connectivity index is 1.98. The van der Waals surface area contributed by atoms with Crippen molar-refractivity contribution >= 4 is 23.2 Å². The van der Waals surface area contributed by atoms with Crippen LogP contribution in [0.5, 0.6) is 5.75 Å². The van der Waals surface area contributed by atoms with Crippen molar-refractivity contribution in [3.8, 4) is 5.75 Å². The SMILES string of the molecule is CCOC(=O)[C@@H](Cc1ccc(O)cc1)N=C1CC(=O)C(=O)c2ccccc21. The Labute approximate surface area is 156 Å². The molecule has 0 amide bonds. The van der Waals surface area contributed by atoms with Crippen molar-refractivity contribution in [2.75, 3.05) is 6.61 Å². The van der Waals surface area contributed by atoms with Gasteiger partial charge in [0.05, 0.1) is 18.7 Å². The zero-order valence-electron chi connectivity index (χ0n) is 14.8. The molecule has 1 aliphatic carbocycles. The van der Waals surface area contributed by atoms with Crippen LogP contribution in [0.2, 0.25) is 0 Å². The molecular weight excluding hydrogens is 346 g/mol. The number of aliphatic imine (C=N–C) groups is 1. The van der Waals surface area contributed by atoms with E-state index in [4.69, 9.17) is 4.74 Å². The molecule has 3 rings (SSSR count). The molecule has 0 bridgehead atoms. The average molecular weight is 365 g/mol. The molecule has 1 aliphatic rings. The number of ketones is 2. The quantitative estimate of drug-likeness (QED) is 0.649. The molecule has 0 saturated carbocycles. The molecule has 0 aliphatic heterocycles. The summed E-state index contributed by atoms with van der Waals surface area (Å²) in [6, 6.07) is 12.4. The van der Waals surface area contributed by atoms with Gasteiger partial charge in [-0.25, -0.2) is 4.79 Å². The molecule has 1 atom stereocenters. The third-order valence-corrected chi connectivity index (χ3v) is 4.30. The molecule has 0 saturated heterocycles. The fraction of sp³-hybridized carbons (Fsp3) is 0.238. The highest BCUT2D eigenvalue weighted by molar-refractivity contribution is 6.51. The number of nitrogens with zero attached hydrogens (tertiary/aromatic N) is 1. The zero-order chi connectivity index (χ0) is 19.4. The zero-order valence-corrected chi connectivity index (χ0v) is 14.8. The second-order valence-electron chi connectivity index (χ2n) is 6.19. The van der Waals surface area contributed by atoms with E-state index in [2.05, 4.69) is 4.99 Å². The number of benzene rings is 2. The van der Waals surface area contributed by atoms with Gasteiger partial charge in [-0.3, -0.25) is 14.6 Å². The van der Waals surface area contributed by atoms with Crippen molar-refractivity contribution in [3.05, 3.63) is 65.2 Å². The van der Waals surface area contributed by atoms with Crippen molar-refractivity contribution < 1.29 is 24.2 Å². The van der Waals surface area contributed by atoms with Gasteiger partial charge in [-0.05, 0) is 24.6 Å². The molecule has 0 spiro atoms. The second-order valence-corrected chi connectivity index (χ2v) is 6.19. The number of aromatic hydroxyl groups is 1. The maximum absolute atomic E-state index is 12.4. The van der Waals surface area contributed by atoms with Crippen molar-refractivity contribution in [2.45, 2.75) is 25.8 Å². The molecule has 2 aromatic rings. The van der Waals surface area contributed by atoms with Crippen LogP contribution in [0.15, 0.2) is 53.5 Å². The first kappa shape index (κ1) is 18.5. The van der Waals surface area contributed by atoms with Crippen molar-refractivity contribution in [1.82, 2.24) is 0 Å². The van der Waals surface area contributed by atoms with Gasteiger partial charge in [-0.2, -0.15) is 0 Å². The van der Waals surface area contributed by atoms with E-state index >= 15 is 0 Å². The number of ether oxygens (including phenoxy) is 1. The first-order valence-corrected chi connectivity index (χ1v) is 8.67. The van der Waals surface area contributed by atoms with Crippen molar-refractivity contribution in [1.29, 1.82) is 0 Å². The van der Waals surface area contributed by atoms with E-state index in [1.54, 1.807) is 43.3 Å². The largest absolute Gasteiger partial charge is 0.508 e. The number of rotatable bonds is 5. The van der Waals surface area contributed by atoms with Crippen LogP contribution in [0.3, 0.4) is 0 Å². The summed E-state index contributed by atoms with van der Waals surface area (Å²) in [5.74, 6) is -1.45. The topological polar surface area (TPSA) is 93.0 Å². The summed E-state index contributed by atoms with van der Waals surface area (Å²) >= 11 is 0. The van der Waals surface area contributed by atoms with E-state index in [1.807, 2.05) is 0 Å². The minimum absolute atomic E-state index is 0.128. The molecule has 27 heavy (non-hydrogen) atoms. The van der Waals surface area contributed by atoms with Gasteiger partial charge in [0.15, 0.2) is 6.04 Å². The minimum atomic E-state index is -0.849. The summed E-state index contributed by atoms with van der Waals surface area (Å²) in [6.07, 6.45) is 0.119. The summed E-state index contributed by atoms with van der Waals surface area (Å²) < 4.78 is 5.13. The number of Topliss-reactive ketones (excluding diaryl/α,β-unsaturated/α-hetero) is 2. The lowest BCUT2D eigenvalue weighted by molar-refractivity contribution is -0.144. The van der Waals surface area contributed by atoms with Gasteiger partial charge in [0.2, 0.25) is 11.6 Å². The Morgan fingerprint density at radius 1 is 1.11 bits per heavy atom. The van der Waals surface area contributed by atoms with E-state index in [9.17, 15) is 19.5 Å². The first-order chi connectivity index (χ1) is 13.0. The molecule has 138 valence electrons. The number of phenols is 1. The third kappa shape index (κ3) is 4.11. The number of fused-ring (bicyclic) bond motifs is 1. The number of esters is 1. The predicted octanol–water partition coefficient (Wildman–Crippen LogP) is 2.51. The standard InChI is InChI=1S/C21H19NO5/c1-2-27-21(26)18(11-13-7-9-14(23)10-8-13)22-17-12-19(24)20(25)16-6-4-3-5-15(16)17/h3-10,18,23H,2,11-12H2,1H3/t18-/m1/s1. The van der Waals surface area contributed by atoms with Crippen LogP contribution < -0.4 is 0 Å². The monoisotopic (exact) mass is 365 g/mol. The van der Waals surface area contributed by atoms with Gasteiger partial charge in [-0.1, -0.05) is 36.4 Å². The molecule has 0 aromatic heterocycles. The summed E-state index contributed by atoms with van der Waals surface area (Å²) in [7, 11) is 0. The minimum Gasteiger partial charge on any atom is -0.508 e. The highest BCUT2D eigenvalue weighted by Crippen LogP contribution is 2.22. The Morgan fingerprint density at radius 2 is 1.78 bits per heavy atom. The number of hydrogen-bond donors (Lipinski definition) is 1. The molecule has 6 heteroatoms. The molecular formula is C21H19NO5. The van der Waals surface area contributed by atoms with Gasteiger partial charge in [0, 0.05) is 17.5 Å². The lowest BCUT2D eigenvalue weighted by Crippen LogP contribution is -2.31. The average Bonchev–Trinajstić information content (AvgIpc) is 2.67. The predicted molar refractivity (Wildman–Crippen MR) is 99.2 cm³/mol. The van der Waals surface area contributed by atoms with Gasteiger partial charge >= 0.3 is 5.97 Å². The molecule has 1 N–H and O–H groups in total. The Bertz CT molecular complexity index is 914. The molecule has 0 fully saturated rings. The van der Waals surface area contributed by atoms with Crippen LogP contribution in [0, 0.1) is 0 Å². The van der Waals surface area contributed by atoms with Crippen molar-refractivity contribution in [2.24, 2.45) is 4.99 Å². The second kappa shape index (κ2) is 7.95. The normalized spacial score (nSPS) is 16.1. The summed E-state index contributed by atoms with van der Waals surface area (Å²) in [5.41, 5.74) is 2.08. The summed E-state index contributed by atoms with van der Waals surface area (Å²) in [5, 5.41) is 9.42. The molecule has 0 radical (unpaired) electrons. The van der Waals surface area contributed by atoms with Crippen LogP contribution in [0.1, 0.15) is 34.8 Å². The van der Waals surface area contributed by atoms with Crippen LogP contribution in [0.4, 0.5) is 0 Å². The van der Waals surface area contributed by atoms with Crippen LogP contribution in [-0.4, -0.2) is 41.0 Å². The smallest absolute Gasteiger partial charge is 0.331 e. The highest BCUT2D eigenvalue weighted by Gasteiger charge is 2.30. The Hall–Kier alpha value is -3.28. The van der Waals surface area contributed by atoms with E-state index in [-0.39, 0.29) is 25.2 Å². The number of phenolic OH excluding ortho intramolecular Hbond substituents is 1. The maximum atomic E-state index is 12.4. The van der Waals surface area contributed by atoms with E-state index < -0.39 is 23.6 Å². The van der Waals surface area contributed by atoms with Crippen LogP contribution >= 0.6 is 0 Å². The third-order valence-electron chi connectivity index (χ3n) is 4.30. The fourth-order valence-corrected chi connectivity index (χ4v) is 2.99. The number of carbonyl (C=O) groups is 3. The van der Waals surface area contributed by atoms with Crippen LogP contribution in [-0.2, 0) is 20.7 Å². The summed E-state index contributed by atoms with van der Waals surface area (Å²) in [4.78, 5) is 41.1. The highest BCUT2D eigenvalue weighted by atomic mass is 16.5. The summed E-state index contributed by atoms with van der Waals surface area (Å²) in [6.45, 7) is 1.92. The fourth-order valence-electron chi connectivity index (χ4n) is 2.99. The molecule has 6 nitrogen and oxygen atoms in total. The Morgan fingerprint density at radius 3 is 2.44 bits per heavy atom. The lowest BCUT2D eigenvalue weighted by Gasteiger charge is -2.19. The number of carbonyl (C=O) groups excluding carboxylic acids is 3.